The first-order valence-electron chi connectivity index (χ1n) is 13.7. The maximum absolute atomic E-state index is 12.4. The van der Waals surface area contributed by atoms with Crippen molar-refractivity contribution >= 4 is 92.2 Å². The van der Waals surface area contributed by atoms with E-state index < -0.39 is 74.0 Å². The van der Waals surface area contributed by atoms with Crippen molar-refractivity contribution in [3.05, 3.63) is 77.9 Å². The number of carbonyl (C=O) groups excluding carboxylic acids is 2. The summed E-state index contributed by atoms with van der Waals surface area (Å²) in [7, 11) is -13.4. The zero-order valence-electron chi connectivity index (χ0n) is 25.0. The molecule has 5 aromatic carbocycles. The van der Waals surface area contributed by atoms with Gasteiger partial charge in [-0.15, -0.1) is 5.11 Å². The highest BCUT2D eigenvalue weighted by molar-refractivity contribution is 7.86. The molecule has 5 aromatic rings. The van der Waals surface area contributed by atoms with Gasteiger partial charge in [-0.05, 0) is 66.0 Å². The molecule has 0 aliphatic carbocycles. The SMILES string of the molecule is CN1C(=O)c2ccc(N=Nc3ccc(NNc4c(S(=O)(=O)O)cc5cc(S(=O)(=O)O)c(N)cc5c4O)c4cc(S(=O)(=O)O)ccc34)cc2C1=O. The van der Waals surface area contributed by atoms with Gasteiger partial charge in [0, 0.05) is 23.2 Å². The molecule has 1 aliphatic heterocycles. The van der Waals surface area contributed by atoms with Crippen LogP contribution in [0.15, 0.2) is 91.6 Å². The maximum Gasteiger partial charge on any atom is 0.296 e. The van der Waals surface area contributed by atoms with Crippen molar-refractivity contribution in [2.24, 2.45) is 10.2 Å². The molecule has 0 spiro atoms. The molecule has 0 radical (unpaired) electrons. The van der Waals surface area contributed by atoms with E-state index in [0.717, 1.165) is 35.2 Å². The normalized spacial score (nSPS) is 13.8. The number of aromatic hydroxyl groups is 1. The van der Waals surface area contributed by atoms with Crippen LogP contribution in [0.4, 0.5) is 28.4 Å². The Hall–Kier alpha value is -5.71. The van der Waals surface area contributed by atoms with Gasteiger partial charge in [0.15, 0.2) is 0 Å². The van der Waals surface area contributed by atoms with E-state index in [1.807, 2.05) is 0 Å². The lowest BCUT2D eigenvalue weighted by Crippen LogP contribution is -2.24. The average molecular weight is 743 g/mol. The van der Waals surface area contributed by atoms with E-state index in [0.29, 0.717) is 0 Å². The summed E-state index contributed by atoms with van der Waals surface area (Å²) in [5.74, 6) is -1.82. The molecule has 0 saturated heterocycles. The number of nitrogens with one attached hydrogen (secondary N) is 2. The number of hydrazine groups is 1. The van der Waals surface area contributed by atoms with Crippen LogP contribution in [0, 0.1) is 0 Å². The Balaban J connectivity index is 1.43. The summed E-state index contributed by atoms with van der Waals surface area (Å²) < 4.78 is 101. The number of carbonyl (C=O) groups is 2. The minimum Gasteiger partial charge on any atom is -0.505 e. The topological polar surface area (TPSA) is 296 Å². The molecule has 18 nitrogen and oxygen atoms in total. The van der Waals surface area contributed by atoms with Crippen molar-refractivity contribution in [3.63, 3.8) is 0 Å². The summed E-state index contributed by atoms with van der Waals surface area (Å²) in [4.78, 5) is 23.3. The first kappa shape index (κ1) is 34.2. The van der Waals surface area contributed by atoms with Gasteiger partial charge in [-0.1, -0.05) is 6.07 Å². The number of hydrogen-bond acceptors (Lipinski definition) is 14. The number of imide groups is 1. The summed E-state index contributed by atoms with van der Waals surface area (Å²) >= 11 is 0. The molecule has 8 N–H and O–H groups in total. The minimum atomic E-state index is -5.12. The Morgan fingerprint density at radius 2 is 1.34 bits per heavy atom. The lowest BCUT2D eigenvalue weighted by atomic mass is 10.1. The van der Waals surface area contributed by atoms with E-state index >= 15 is 0 Å². The summed E-state index contributed by atoms with van der Waals surface area (Å²) in [6, 6.07) is 13.0. The Morgan fingerprint density at radius 3 is 2.00 bits per heavy atom. The molecule has 21 heteroatoms. The third kappa shape index (κ3) is 6.04. The van der Waals surface area contributed by atoms with E-state index in [-0.39, 0.29) is 49.7 Å². The number of fused-ring (bicyclic) bond motifs is 3. The molecule has 50 heavy (non-hydrogen) atoms. The van der Waals surface area contributed by atoms with Crippen molar-refractivity contribution < 1.29 is 53.6 Å². The average Bonchev–Trinajstić information content (AvgIpc) is 3.24. The molecule has 0 fully saturated rings. The third-order valence-electron chi connectivity index (χ3n) is 7.69. The van der Waals surface area contributed by atoms with Crippen molar-refractivity contribution in [1.29, 1.82) is 0 Å². The minimum absolute atomic E-state index is 0.0242. The Labute approximate surface area is 282 Å². The molecule has 1 heterocycles. The van der Waals surface area contributed by atoms with Crippen molar-refractivity contribution in [3.8, 4) is 5.75 Å². The Morgan fingerprint density at radius 1 is 0.680 bits per heavy atom. The molecule has 2 amide bonds. The smallest absolute Gasteiger partial charge is 0.296 e. The number of amides is 2. The van der Waals surface area contributed by atoms with Gasteiger partial charge in [0.2, 0.25) is 0 Å². The second-order valence-electron chi connectivity index (χ2n) is 10.8. The predicted octanol–water partition coefficient (Wildman–Crippen LogP) is 4.10. The highest BCUT2D eigenvalue weighted by Crippen LogP contribution is 2.42. The van der Waals surface area contributed by atoms with Crippen LogP contribution in [0.2, 0.25) is 0 Å². The zero-order valence-corrected chi connectivity index (χ0v) is 27.5. The number of rotatable bonds is 8. The summed E-state index contributed by atoms with van der Waals surface area (Å²) in [6.07, 6.45) is 0. The van der Waals surface area contributed by atoms with Crippen LogP contribution in [0.1, 0.15) is 20.7 Å². The van der Waals surface area contributed by atoms with E-state index in [9.17, 15) is 53.6 Å². The van der Waals surface area contributed by atoms with Crippen molar-refractivity contribution in [2.75, 3.05) is 23.6 Å². The summed E-state index contributed by atoms with van der Waals surface area (Å²) in [5.41, 5.74) is 10.4. The zero-order chi connectivity index (χ0) is 36.5. The first-order valence-corrected chi connectivity index (χ1v) is 18.1. The van der Waals surface area contributed by atoms with Crippen LogP contribution in [0.5, 0.6) is 5.75 Å². The summed E-state index contributed by atoms with van der Waals surface area (Å²) in [6.45, 7) is 0. The van der Waals surface area contributed by atoms with Gasteiger partial charge in [-0.3, -0.25) is 33.6 Å². The number of benzene rings is 5. The van der Waals surface area contributed by atoms with Crippen LogP contribution >= 0.6 is 0 Å². The maximum atomic E-state index is 12.4. The van der Waals surface area contributed by atoms with Gasteiger partial charge in [-0.2, -0.15) is 30.4 Å². The van der Waals surface area contributed by atoms with E-state index in [2.05, 4.69) is 21.1 Å². The van der Waals surface area contributed by atoms with Gasteiger partial charge in [-0.25, -0.2) is 0 Å². The van der Waals surface area contributed by atoms with Crippen LogP contribution in [-0.2, 0) is 30.4 Å². The fraction of sp³-hybridized carbons (Fsp3) is 0.0345. The number of nitrogens with zero attached hydrogens (tertiary/aromatic N) is 3. The first-order chi connectivity index (χ1) is 23.3. The van der Waals surface area contributed by atoms with Gasteiger partial charge in [0.1, 0.15) is 21.2 Å². The Kier molecular flexibility index (Phi) is 8.01. The van der Waals surface area contributed by atoms with Gasteiger partial charge in [0.25, 0.3) is 42.2 Å². The third-order valence-corrected chi connectivity index (χ3v) is 10.3. The highest BCUT2D eigenvalue weighted by atomic mass is 32.2. The van der Waals surface area contributed by atoms with Crippen LogP contribution in [0.3, 0.4) is 0 Å². The monoisotopic (exact) mass is 742 g/mol. The van der Waals surface area contributed by atoms with Crippen molar-refractivity contribution in [1.82, 2.24) is 4.90 Å². The molecular formula is C29H22N6O12S3. The molecular weight excluding hydrogens is 721 g/mol. The molecule has 0 unspecified atom stereocenters. The molecule has 6 rings (SSSR count). The van der Waals surface area contributed by atoms with Gasteiger partial charge in [0.05, 0.1) is 38.8 Å². The highest BCUT2D eigenvalue weighted by Gasteiger charge is 2.33. The molecule has 258 valence electrons. The quantitative estimate of drug-likeness (QED) is 0.0294. The van der Waals surface area contributed by atoms with Gasteiger partial charge >= 0.3 is 0 Å². The van der Waals surface area contributed by atoms with Crippen LogP contribution in [0.25, 0.3) is 21.5 Å². The Bertz CT molecular complexity index is 2720. The number of nitrogens with two attached hydrogens (primary N) is 1. The number of nitrogen functional groups attached to an aromatic ring is 1. The molecule has 0 saturated carbocycles. The second-order valence-corrected chi connectivity index (χ2v) is 15.0. The fourth-order valence-corrected chi connectivity index (χ4v) is 7.09. The number of phenols is 1. The van der Waals surface area contributed by atoms with E-state index in [1.165, 1.54) is 43.4 Å². The van der Waals surface area contributed by atoms with Crippen molar-refractivity contribution in [2.45, 2.75) is 14.7 Å². The number of azo groups is 1. The van der Waals surface area contributed by atoms with Crippen LogP contribution in [-0.4, -0.2) is 67.8 Å². The number of hydrogen-bond donors (Lipinski definition) is 7. The summed E-state index contributed by atoms with van der Waals surface area (Å²) in [5, 5.41) is 19.3. The number of anilines is 3. The lowest BCUT2D eigenvalue weighted by Gasteiger charge is -2.18. The molecule has 0 bridgehead atoms. The molecule has 0 aromatic heterocycles. The second kappa shape index (κ2) is 11.7. The number of phenolic OH excluding ortho intramolecular Hbond substituents is 1. The lowest BCUT2D eigenvalue weighted by molar-refractivity contribution is 0.0693. The standard InChI is InChI=1S/C29H22N6O12S3/c1-35-28(37)17-4-2-14(10-20(17)29(35)38)31-32-22-6-7-23(19-11-15(48(39,40)41)3-5-16(19)22)33-34-26-25(50(45,46)47)9-13-8-24(49(42,43)44)21(30)12-18(13)27(26)36/h2-12,33-34,36H,30H2,1H3,(H,39,40,41)(H,42,43,44)(H,45,46,47). The largest absolute Gasteiger partial charge is 0.505 e. The fourth-order valence-electron chi connectivity index (χ4n) is 5.27. The predicted molar refractivity (Wildman–Crippen MR) is 178 cm³/mol. The van der Waals surface area contributed by atoms with Gasteiger partial charge < -0.3 is 16.3 Å². The molecule has 1 aliphatic rings. The van der Waals surface area contributed by atoms with Crippen LogP contribution < -0.4 is 16.6 Å². The van der Waals surface area contributed by atoms with E-state index in [4.69, 9.17) is 5.73 Å². The van der Waals surface area contributed by atoms with E-state index in [1.54, 1.807) is 0 Å². The molecule has 0 atom stereocenters.